The number of carbonyl (C=O) groups is 1. The maximum absolute atomic E-state index is 10.0. The van der Waals surface area contributed by atoms with Gasteiger partial charge in [-0.2, -0.15) is 0 Å². The predicted octanol–water partition coefficient (Wildman–Crippen LogP) is 2.09. The molecule has 0 heterocycles. The van der Waals surface area contributed by atoms with Crippen LogP contribution in [0.4, 0.5) is 0 Å². The Morgan fingerprint density at radius 3 is 2.62 bits per heavy atom. The number of hydrogen-bond acceptors (Lipinski definition) is 1. The van der Waals surface area contributed by atoms with Gasteiger partial charge in [0.15, 0.2) is 0 Å². The Kier molecular flexibility index (Phi) is 5.44. The third kappa shape index (κ3) is 6.18. The molecule has 1 nitrogen and oxygen atoms in total. The lowest BCUT2D eigenvalue weighted by Crippen LogP contribution is -1.78. The minimum Gasteiger partial charge on any atom is -0.281 e. The average molecular weight is 197 g/mol. The Bertz CT molecular complexity index is 101. The average Bonchev–Trinajstić information content (AvgIpc) is 1.66. The van der Waals surface area contributed by atoms with E-state index >= 15 is 0 Å². The highest BCUT2D eigenvalue weighted by atomic mass is 79.9. The summed E-state index contributed by atoms with van der Waals surface area (Å²) in [6.45, 7) is 0. The molecule has 8 heavy (non-hydrogen) atoms. The molecule has 0 aliphatic rings. The van der Waals surface area contributed by atoms with Gasteiger partial charge in [0.2, 0.25) is 5.24 Å². The number of halogens is 2. The molecule has 0 aromatic carbocycles. The molecule has 0 saturated carbocycles. The molecule has 0 amide bonds. The highest BCUT2D eigenvalue weighted by Gasteiger charge is 1.86. The first-order valence-electron chi connectivity index (χ1n) is 2.16. The van der Waals surface area contributed by atoms with Gasteiger partial charge in [0.05, 0.1) is 0 Å². The summed E-state index contributed by atoms with van der Waals surface area (Å²) in [4.78, 5) is 10.0. The fourth-order valence-corrected chi connectivity index (χ4v) is 0.592. The van der Waals surface area contributed by atoms with Gasteiger partial charge in [-0.15, -0.1) is 0 Å². The largest absolute Gasteiger partial charge is 0.281 e. The van der Waals surface area contributed by atoms with Crippen molar-refractivity contribution in [1.29, 1.82) is 0 Å². The van der Waals surface area contributed by atoms with Crippen molar-refractivity contribution in [3.63, 3.8) is 0 Å². The summed E-state index contributed by atoms with van der Waals surface area (Å²) in [7, 11) is 0. The summed E-state index contributed by atoms with van der Waals surface area (Å²) < 4.78 is 0. The monoisotopic (exact) mass is 196 g/mol. The van der Waals surface area contributed by atoms with E-state index in [2.05, 4.69) is 15.9 Å². The van der Waals surface area contributed by atoms with E-state index in [1.807, 2.05) is 6.08 Å². The van der Waals surface area contributed by atoms with E-state index in [0.717, 1.165) is 5.33 Å². The van der Waals surface area contributed by atoms with Gasteiger partial charge in [0, 0.05) is 11.8 Å². The van der Waals surface area contributed by atoms with Crippen molar-refractivity contribution in [2.75, 3.05) is 5.33 Å². The molecule has 3 heteroatoms. The van der Waals surface area contributed by atoms with Crippen molar-refractivity contribution in [2.45, 2.75) is 6.42 Å². The standard InChI is InChI=1S/C5H6BrClO/c6-4-2-1-3-5(7)8/h1-2H,3-4H2/b2-1+. The zero-order valence-corrected chi connectivity index (χ0v) is 6.58. The predicted molar refractivity (Wildman–Crippen MR) is 38.4 cm³/mol. The molecule has 0 radical (unpaired) electrons. The zero-order valence-electron chi connectivity index (χ0n) is 4.23. The van der Waals surface area contributed by atoms with Crippen LogP contribution in [0.2, 0.25) is 0 Å². The second-order valence-corrected chi connectivity index (χ2v) is 2.25. The Hall–Kier alpha value is 0.180. The van der Waals surface area contributed by atoms with Crippen molar-refractivity contribution in [2.24, 2.45) is 0 Å². The maximum atomic E-state index is 10.0. The lowest BCUT2D eigenvalue weighted by molar-refractivity contribution is -0.110. The Balaban J connectivity index is 3.16. The van der Waals surface area contributed by atoms with Gasteiger partial charge < -0.3 is 0 Å². The van der Waals surface area contributed by atoms with Gasteiger partial charge in [-0.05, 0) is 11.6 Å². The molecule has 0 aromatic heterocycles. The molecule has 46 valence electrons. The topological polar surface area (TPSA) is 17.1 Å². The number of rotatable bonds is 3. The Labute approximate surface area is 61.8 Å². The first-order chi connectivity index (χ1) is 3.77. The molecule has 0 fully saturated rings. The van der Waals surface area contributed by atoms with Crippen LogP contribution in [-0.2, 0) is 4.79 Å². The van der Waals surface area contributed by atoms with Crippen LogP contribution in [0.5, 0.6) is 0 Å². The quantitative estimate of drug-likeness (QED) is 0.385. The fraction of sp³-hybridized carbons (Fsp3) is 0.400. The van der Waals surface area contributed by atoms with Gasteiger partial charge >= 0.3 is 0 Å². The van der Waals surface area contributed by atoms with Crippen LogP contribution in [0.1, 0.15) is 6.42 Å². The van der Waals surface area contributed by atoms with Gasteiger partial charge in [0.1, 0.15) is 0 Å². The minimum atomic E-state index is -0.317. The van der Waals surface area contributed by atoms with Gasteiger partial charge in [0.25, 0.3) is 0 Å². The van der Waals surface area contributed by atoms with E-state index in [4.69, 9.17) is 11.6 Å². The molecule has 0 N–H and O–H groups in total. The van der Waals surface area contributed by atoms with Gasteiger partial charge in [-0.3, -0.25) is 4.79 Å². The SMILES string of the molecule is O=C(Cl)C/C=C/CBr. The third-order valence-corrected chi connectivity index (χ3v) is 1.06. The van der Waals surface area contributed by atoms with Crippen LogP contribution in [0, 0.1) is 0 Å². The normalized spacial score (nSPS) is 10.2. The Morgan fingerprint density at radius 2 is 2.25 bits per heavy atom. The molecule has 0 aromatic rings. The molecule has 0 rings (SSSR count). The van der Waals surface area contributed by atoms with Crippen molar-refractivity contribution in [3.8, 4) is 0 Å². The number of hydrogen-bond donors (Lipinski definition) is 0. The van der Waals surface area contributed by atoms with Crippen molar-refractivity contribution < 1.29 is 4.79 Å². The van der Waals surface area contributed by atoms with Crippen LogP contribution in [0.3, 0.4) is 0 Å². The summed E-state index contributed by atoms with van der Waals surface area (Å²) in [5, 5.41) is 0.458. The van der Waals surface area contributed by atoms with E-state index < -0.39 is 0 Å². The molecule has 0 bridgehead atoms. The van der Waals surface area contributed by atoms with Gasteiger partial charge in [-0.1, -0.05) is 28.1 Å². The van der Waals surface area contributed by atoms with E-state index in [1.54, 1.807) is 6.08 Å². The maximum Gasteiger partial charge on any atom is 0.225 e. The summed E-state index contributed by atoms with van der Waals surface area (Å²) >= 11 is 8.17. The molecule has 0 unspecified atom stereocenters. The first-order valence-corrected chi connectivity index (χ1v) is 3.66. The van der Waals surface area contributed by atoms with E-state index in [-0.39, 0.29) is 5.24 Å². The third-order valence-electron chi connectivity index (χ3n) is 0.534. The molecule has 0 atom stereocenters. The van der Waals surface area contributed by atoms with E-state index in [1.165, 1.54) is 0 Å². The molecule has 0 aliphatic heterocycles. The van der Waals surface area contributed by atoms with E-state index in [9.17, 15) is 4.79 Å². The van der Waals surface area contributed by atoms with Crippen LogP contribution in [0.25, 0.3) is 0 Å². The van der Waals surface area contributed by atoms with Gasteiger partial charge in [-0.25, -0.2) is 0 Å². The van der Waals surface area contributed by atoms with Crippen molar-refractivity contribution >= 4 is 32.8 Å². The van der Waals surface area contributed by atoms with Crippen molar-refractivity contribution in [3.05, 3.63) is 12.2 Å². The minimum absolute atomic E-state index is 0.317. The fourth-order valence-electron chi connectivity index (χ4n) is 0.239. The zero-order chi connectivity index (χ0) is 6.41. The molecule has 0 aliphatic carbocycles. The smallest absolute Gasteiger partial charge is 0.225 e. The van der Waals surface area contributed by atoms with Crippen LogP contribution in [0.15, 0.2) is 12.2 Å². The molecular weight excluding hydrogens is 191 g/mol. The van der Waals surface area contributed by atoms with E-state index in [0.29, 0.717) is 6.42 Å². The lowest BCUT2D eigenvalue weighted by atomic mass is 10.4. The molecular formula is C5H6BrClO. The lowest BCUT2D eigenvalue weighted by Gasteiger charge is -1.77. The highest BCUT2D eigenvalue weighted by Crippen LogP contribution is 1.90. The number of allylic oxidation sites excluding steroid dienone is 2. The second kappa shape index (κ2) is 5.32. The summed E-state index contributed by atoms with van der Waals surface area (Å²) in [5.41, 5.74) is 0. The van der Waals surface area contributed by atoms with Crippen LogP contribution >= 0.6 is 27.5 Å². The first kappa shape index (κ1) is 8.18. The van der Waals surface area contributed by atoms with Crippen LogP contribution in [-0.4, -0.2) is 10.6 Å². The van der Waals surface area contributed by atoms with Crippen LogP contribution < -0.4 is 0 Å². The summed E-state index contributed by atoms with van der Waals surface area (Å²) in [5.74, 6) is 0. The summed E-state index contributed by atoms with van der Waals surface area (Å²) in [6, 6.07) is 0. The number of alkyl halides is 1. The number of carbonyl (C=O) groups excluding carboxylic acids is 1. The second-order valence-electron chi connectivity index (χ2n) is 1.18. The molecule has 0 saturated heterocycles. The van der Waals surface area contributed by atoms with Crippen molar-refractivity contribution in [1.82, 2.24) is 0 Å². The summed E-state index contributed by atoms with van der Waals surface area (Å²) in [6.07, 6.45) is 3.89. The molecule has 0 spiro atoms. The Morgan fingerprint density at radius 1 is 1.62 bits per heavy atom. The highest BCUT2D eigenvalue weighted by molar-refractivity contribution is 9.09.